The van der Waals surface area contributed by atoms with E-state index in [0.717, 1.165) is 0 Å². The smallest absolute Gasteiger partial charge is 0.0656 e. The van der Waals surface area contributed by atoms with Crippen molar-refractivity contribution >= 4 is 34.8 Å². The van der Waals surface area contributed by atoms with E-state index in [4.69, 9.17) is 0 Å². The van der Waals surface area contributed by atoms with E-state index in [2.05, 4.69) is 74.2 Å². The molecule has 0 saturated heterocycles. The molecule has 0 saturated carbocycles. The van der Waals surface area contributed by atoms with E-state index in [-0.39, 0.29) is 0 Å². The Balaban J connectivity index is 2.35. The molecule has 90 valence electrons. The lowest BCUT2D eigenvalue weighted by molar-refractivity contribution is 1.72. The minimum Gasteiger partial charge on any atom is -0.0656 e. The summed E-state index contributed by atoms with van der Waals surface area (Å²) in [4.78, 5) is 0. The van der Waals surface area contributed by atoms with Gasteiger partial charge in [0.15, 0.2) is 0 Å². The number of hydrogen-bond donors (Lipinski definition) is 0. The highest BCUT2D eigenvalue weighted by molar-refractivity contribution is 6.88. The second kappa shape index (κ2) is 3.96. The molecular weight excluding hydrogens is 232 g/mol. The number of fused-ring (bicyclic) bond motifs is 3. The Kier molecular flexibility index (Phi) is 2.53. The average molecular weight is 250 g/mol. The summed E-state index contributed by atoms with van der Waals surface area (Å²) in [6, 6.07) is 20.1. The van der Waals surface area contributed by atoms with E-state index in [1.807, 2.05) is 0 Å². The van der Waals surface area contributed by atoms with Crippen molar-refractivity contribution in [1.29, 1.82) is 0 Å². The maximum absolute atomic E-state index is 2.40. The molecule has 0 aromatic heterocycles. The average Bonchev–Trinajstić information content (AvgIpc) is 2.37. The summed E-state index contributed by atoms with van der Waals surface area (Å²) in [5.74, 6) is 0. The summed E-state index contributed by atoms with van der Waals surface area (Å²) in [6.45, 7) is 7.19. The van der Waals surface area contributed by atoms with E-state index >= 15 is 0 Å². The van der Waals surface area contributed by atoms with Crippen molar-refractivity contribution in [3.63, 3.8) is 0 Å². The maximum atomic E-state index is 2.40. The van der Waals surface area contributed by atoms with Crippen molar-refractivity contribution < 1.29 is 0 Å². The Labute approximate surface area is 109 Å². The van der Waals surface area contributed by atoms with Gasteiger partial charge in [-0.3, -0.25) is 0 Å². The maximum Gasteiger partial charge on any atom is 0.0776 e. The Morgan fingerprint density at radius 1 is 0.667 bits per heavy atom. The third-order valence-corrected chi connectivity index (χ3v) is 5.65. The zero-order valence-electron chi connectivity index (χ0n) is 11.2. The van der Waals surface area contributed by atoms with Gasteiger partial charge in [-0.2, -0.15) is 0 Å². The van der Waals surface area contributed by atoms with Crippen LogP contribution in [0.4, 0.5) is 0 Å². The van der Waals surface area contributed by atoms with Crippen LogP contribution < -0.4 is 5.19 Å². The van der Waals surface area contributed by atoms with Crippen LogP contribution >= 0.6 is 0 Å². The quantitative estimate of drug-likeness (QED) is 0.439. The van der Waals surface area contributed by atoms with Gasteiger partial charge < -0.3 is 0 Å². The monoisotopic (exact) mass is 250 g/mol. The zero-order chi connectivity index (χ0) is 12.8. The normalized spacial score (nSPS) is 12.2. The van der Waals surface area contributed by atoms with Crippen LogP contribution in [-0.4, -0.2) is 8.07 Å². The van der Waals surface area contributed by atoms with Gasteiger partial charge in [-0.05, 0) is 21.5 Å². The molecule has 0 heterocycles. The first-order chi connectivity index (χ1) is 8.55. The van der Waals surface area contributed by atoms with Gasteiger partial charge in [-0.1, -0.05) is 79.4 Å². The minimum absolute atomic E-state index is 1.22. The van der Waals surface area contributed by atoms with Gasteiger partial charge in [0.25, 0.3) is 0 Å². The summed E-state index contributed by atoms with van der Waals surface area (Å²) in [6.07, 6.45) is 0. The highest BCUT2D eigenvalue weighted by Gasteiger charge is 2.16. The van der Waals surface area contributed by atoms with Crippen LogP contribution in [0, 0.1) is 0 Å². The predicted octanol–water partition coefficient (Wildman–Crippen LogP) is 4.54. The van der Waals surface area contributed by atoms with Crippen LogP contribution in [0.5, 0.6) is 0 Å². The lowest BCUT2D eigenvalue weighted by atomic mass is 10.0. The van der Waals surface area contributed by atoms with Crippen molar-refractivity contribution in [2.24, 2.45) is 0 Å². The molecule has 0 spiro atoms. The molecule has 0 atom stereocenters. The second-order valence-corrected chi connectivity index (χ2v) is 11.0. The topological polar surface area (TPSA) is 0 Å². The molecule has 18 heavy (non-hydrogen) atoms. The third-order valence-electron chi connectivity index (χ3n) is 3.61. The minimum atomic E-state index is -1.22. The molecule has 0 unspecified atom stereocenters. The zero-order valence-corrected chi connectivity index (χ0v) is 12.2. The van der Waals surface area contributed by atoms with Crippen LogP contribution in [0.1, 0.15) is 0 Å². The first-order valence-electron chi connectivity index (χ1n) is 6.48. The van der Waals surface area contributed by atoms with Gasteiger partial charge in [0.1, 0.15) is 0 Å². The van der Waals surface area contributed by atoms with Gasteiger partial charge in [0, 0.05) is 0 Å². The van der Waals surface area contributed by atoms with Crippen molar-refractivity contribution in [2.75, 3.05) is 0 Å². The summed E-state index contributed by atoms with van der Waals surface area (Å²) >= 11 is 0. The SMILES string of the molecule is C[Si](C)(C)c1ccc2c(ccc3ccccc32)c1. The first-order valence-corrected chi connectivity index (χ1v) is 9.98. The van der Waals surface area contributed by atoms with Gasteiger partial charge in [-0.25, -0.2) is 0 Å². The van der Waals surface area contributed by atoms with Crippen molar-refractivity contribution in [1.82, 2.24) is 0 Å². The molecule has 0 radical (unpaired) electrons. The Morgan fingerprint density at radius 2 is 1.33 bits per heavy atom. The molecule has 3 aromatic carbocycles. The van der Waals surface area contributed by atoms with Gasteiger partial charge in [-0.15, -0.1) is 0 Å². The summed E-state index contributed by atoms with van der Waals surface area (Å²) in [7, 11) is -1.22. The van der Waals surface area contributed by atoms with Crippen LogP contribution in [0.25, 0.3) is 21.5 Å². The lowest BCUT2D eigenvalue weighted by Gasteiger charge is -2.17. The van der Waals surface area contributed by atoms with E-state index in [0.29, 0.717) is 0 Å². The van der Waals surface area contributed by atoms with E-state index in [1.54, 1.807) is 0 Å². The Bertz CT molecular complexity index is 720. The number of benzene rings is 3. The Morgan fingerprint density at radius 3 is 2.11 bits per heavy atom. The molecule has 1 heteroatoms. The fraction of sp³-hybridized carbons (Fsp3) is 0.176. The van der Waals surface area contributed by atoms with E-state index < -0.39 is 8.07 Å². The van der Waals surface area contributed by atoms with Crippen LogP contribution in [0.3, 0.4) is 0 Å². The van der Waals surface area contributed by atoms with Crippen LogP contribution in [0.15, 0.2) is 54.6 Å². The molecule has 3 aromatic rings. The van der Waals surface area contributed by atoms with Gasteiger partial charge in [0.2, 0.25) is 0 Å². The van der Waals surface area contributed by atoms with Gasteiger partial charge in [0.05, 0.1) is 8.07 Å². The first kappa shape index (κ1) is 11.5. The van der Waals surface area contributed by atoms with Gasteiger partial charge >= 0.3 is 0 Å². The van der Waals surface area contributed by atoms with E-state index in [1.165, 1.54) is 26.7 Å². The molecular formula is C17H18Si. The lowest BCUT2D eigenvalue weighted by Crippen LogP contribution is -2.37. The largest absolute Gasteiger partial charge is 0.0776 e. The molecule has 0 amide bonds. The molecule has 0 N–H and O–H groups in total. The molecule has 0 bridgehead atoms. The van der Waals surface area contributed by atoms with Crippen molar-refractivity contribution in [3.05, 3.63) is 54.6 Å². The highest BCUT2D eigenvalue weighted by Crippen LogP contribution is 2.24. The molecule has 0 aliphatic rings. The molecule has 0 fully saturated rings. The third kappa shape index (κ3) is 1.85. The summed E-state index contributed by atoms with van der Waals surface area (Å²) in [5.41, 5.74) is 0. The Hall–Kier alpha value is -1.60. The van der Waals surface area contributed by atoms with Crippen LogP contribution in [-0.2, 0) is 0 Å². The predicted molar refractivity (Wildman–Crippen MR) is 84.4 cm³/mol. The van der Waals surface area contributed by atoms with Crippen molar-refractivity contribution in [2.45, 2.75) is 19.6 Å². The fourth-order valence-electron chi connectivity index (χ4n) is 2.48. The van der Waals surface area contributed by atoms with Crippen molar-refractivity contribution in [3.8, 4) is 0 Å². The number of rotatable bonds is 1. The number of hydrogen-bond acceptors (Lipinski definition) is 0. The summed E-state index contributed by atoms with van der Waals surface area (Å²) in [5, 5.41) is 6.96. The highest BCUT2D eigenvalue weighted by atomic mass is 28.3. The molecule has 3 rings (SSSR count). The molecule has 0 aliphatic heterocycles. The standard InChI is InChI=1S/C17H18Si/c1-18(2,3)15-10-11-17-14(12-15)9-8-13-6-4-5-7-16(13)17/h4-12H,1-3H3. The fourth-order valence-corrected chi connectivity index (χ4v) is 3.65. The summed E-state index contributed by atoms with van der Waals surface area (Å²) < 4.78 is 0. The molecule has 0 nitrogen and oxygen atoms in total. The van der Waals surface area contributed by atoms with Crippen LogP contribution in [0.2, 0.25) is 19.6 Å². The second-order valence-electron chi connectivity index (χ2n) is 5.97. The van der Waals surface area contributed by atoms with E-state index in [9.17, 15) is 0 Å². The molecule has 0 aliphatic carbocycles.